The van der Waals surface area contributed by atoms with Crippen molar-refractivity contribution in [3.8, 4) is 0 Å². The fraction of sp³-hybridized carbons (Fsp3) is 0.778. The number of piperidine rings is 1. The molecule has 13 heavy (non-hydrogen) atoms. The number of rotatable bonds is 0. The van der Waals surface area contributed by atoms with Gasteiger partial charge in [-0.3, -0.25) is 4.79 Å². The molecule has 1 aliphatic rings. The quantitative estimate of drug-likeness (QED) is 0.576. The Balaban J connectivity index is 0.000000671. The summed E-state index contributed by atoms with van der Waals surface area (Å²) < 4.78 is 4.50. The van der Waals surface area contributed by atoms with E-state index in [1.807, 2.05) is 13.8 Å². The lowest BCUT2D eigenvalue weighted by molar-refractivity contribution is -0.121. The number of amides is 1. The molecule has 0 radical (unpaired) electrons. The van der Waals surface area contributed by atoms with Gasteiger partial charge in [-0.1, -0.05) is 13.8 Å². The molecule has 1 amide bonds. The first-order chi connectivity index (χ1) is 6.24. The van der Waals surface area contributed by atoms with Crippen molar-refractivity contribution in [2.75, 3.05) is 20.2 Å². The van der Waals surface area contributed by atoms with Crippen LogP contribution < -0.4 is 0 Å². The van der Waals surface area contributed by atoms with Gasteiger partial charge in [0.1, 0.15) is 5.78 Å². The van der Waals surface area contributed by atoms with Crippen LogP contribution in [0.25, 0.3) is 0 Å². The number of hydrogen-bond donors (Lipinski definition) is 0. The van der Waals surface area contributed by atoms with Crippen molar-refractivity contribution in [2.24, 2.45) is 0 Å². The van der Waals surface area contributed by atoms with E-state index in [1.165, 1.54) is 7.11 Å². The van der Waals surface area contributed by atoms with Gasteiger partial charge < -0.3 is 9.64 Å². The lowest BCUT2D eigenvalue weighted by atomic mass is 10.1. The van der Waals surface area contributed by atoms with Gasteiger partial charge in [0, 0.05) is 25.9 Å². The smallest absolute Gasteiger partial charge is 0.409 e. The predicted molar refractivity (Wildman–Crippen MR) is 49.6 cm³/mol. The molecule has 4 heteroatoms. The number of likely N-dealkylation sites (tertiary alicyclic amines) is 1. The summed E-state index contributed by atoms with van der Waals surface area (Å²) in [6, 6.07) is 0. The summed E-state index contributed by atoms with van der Waals surface area (Å²) in [5.74, 6) is 0.227. The average Bonchev–Trinajstić information content (AvgIpc) is 2.21. The summed E-state index contributed by atoms with van der Waals surface area (Å²) in [7, 11) is 1.35. The van der Waals surface area contributed by atoms with Crippen LogP contribution in [0.1, 0.15) is 26.7 Å². The molecule has 0 aromatic heterocycles. The number of Topliss-reactive ketones (excluding diaryl/α,β-unsaturated/α-hetero) is 1. The van der Waals surface area contributed by atoms with Crippen LogP contribution in [-0.4, -0.2) is 37.0 Å². The third-order valence-corrected chi connectivity index (χ3v) is 1.75. The Labute approximate surface area is 78.9 Å². The van der Waals surface area contributed by atoms with Crippen LogP contribution in [0.3, 0.4) is 0 Å². The lowest BCUT2D eigenvalue weighted by Crippen LogP contribution is -2.38. The number of methoxy groups -OCH3 is 1. The molecule has 0 aromatic carbocycles. The van der Waals surface area contributed by atoms with Gasteiger partial charge >= 0.3 is 6.09 Å². The number of ketones is 1. The largest absolute Gasteiger partial charge is 0.453 e. The summed E-state index contributed by atoms with van der Waals surface area (Å²) in [5.41, 5.74) is 0. The molecule has 1 rings (SSSR count). The molecule has 76 valence electrons. The van der Waals surface area contributed by atoms with E-state index in [0.29, 0.717) is 25.9 Å². The van der Waals surface area contributed by atoms with Gasteiger partial charge in [0.05, 0.1) is 7.11 Å². The molecule has 0 atom stereocenters. The highest BCUT2D eigenvalue weighted by Gasteiger charge is 2.20. The van der Waals surface area contributed by atoms with E-state index >= 15 is 0 Å². The van der Waals surface area contributed by atoms with E-state index in [0.717, 1.165) is 0 Å². The van der Waals surface area contributed by atoms with E-state index in [2.05, 4.69) is 4.74 Å². The lowest BCUT2D eigenvalue weighted by Gasteiger charge is -2.24. The molecule has 1 fully saturated rings. The second kappa shape index (κ2) is 6.46. The maximum Gasteiger partial charge on any atom is 0.409 e. The van der Waals surface area contributed by atoms with Crippen molar-refractivity contribution < 1.29 is 14.3 Å². The molecule has 0 aliphatic carbocycles. The Hall–Kier alpha value is -1.06. The maximum absolute atomic E-state index is 10.9. The molecule has 1 aliphatic heterocycles. The normalized spacial score (nSPS) is 15.9. The molecule has 0 unspecified atom stereocenters. The highest BCUT2D eigenvalue weighted by molar-refractivity contribution is 5.81. The first kappa shape index (κ1) is 11.9. The van der Waals surface area contributed by atoms with E-state index in [-0.39, 0.29) is 11.9 Å². The molecule has 0 N–H and O–H groups in total. The van der Waals surface area contributed by atoms with Gasteiger partial charge in [-0.25, -0.2) is 4.79 Å². The summed E-state index contributed by atoms with van der Waals surface area (Å²) in [5, 5.41) is 0. The minimum absolute atomic E-state index is 0.227. The van der Waals surface area contributed by atoms with Gasteiger partial charge in [0.15, 0.2) is 0 Å². The number of carbonyl (C=O) groups excluding carboxylic acids is 2. The summed E-state index contributed by atoms with van der Waals surface area (Å²) in [6.07, 6.45) is 0.599. The van der Waals surface area contributed by atoms with Crippen molar-refractivity contribution in [3.05, 3.63) is 0 Å². The SMILES string of the molecule is CC.COC(=O)N1CCC(=O)CC1. The van der Waals surface area contributed by atoms with Crippen molar-refractivity contribution in [1.29, 1.82) is 0 Å². The average molecular weight is 187 g/mol. The molecule has 1 saturated heterocycles. The standard InChI is InChI=1S/C7H11NO3.C2H6/c1-11-7(10)8-4-2-6(9)3-5-8;1-2/h2-5H2,1H3;1-2H3. The maximum atomic E-state index is 10.9. The second-order valence-corrected chi connectivity index (χ2v) is 2.50. The van der Waals surface area contributed by atoms with E-state index < -0.39 is 0 Å². The molecule has 0 saturated carbocycles. The van der Waals surface area contributed by atoms with E-state index in [4.69, 9.17) is 0 Å². The number of nitrogens with zero attached hydrogens (tertiary/aromatic N) is 1. The highest BCUT2D eigenvalue weighted by atomic mass is 16.5. The molecule has 0 aromatic rings. The second-order valence-electron chi connectivity index (χ2n) is 2.50. The number of ether oxygens (including phenoxy) is 1. The predicted octanol–water partition coefficient (Wildman–Crippen LogP) is 1.44. The fourth-order valence-electron chi connectivity index (χ4n) is 1.07. The van der Waals surface area contributed by atoms with Gasteiger partial charge in [-0.2, -0.15) is 0 Å². The molecule has 1 heterocycles. The Morgan fingerprint density at radius 3 is 2.15 bits per heavy atom. The van der Waals surface area contributed by atoms with Crippen LogP contribution in [0.15, 0.2) is 0 Å². The van der Waals surface area contributed by atoms with Crippen molar-refractivity contribution in [3.63, 3.8) is 0 Å². The Bertz CT molecular complexity index is 170. The van der Waals surface area contributed by atoms with Gasteiger partial charge in [-0.15, -0.1) is 0 Å². The van der Waals surface area contributed by atoms with Crippen LogP contribution in [0.5, 0.6) is 0 Å². The minimum atomic E-state index is -0.336. The molecular formula is C9H17NO3. The van der Waals surface area contributed by atoms with E-state index in [9.17, 15) is 9.59 Å². The summed E-state index contributed by atoms with van der Waals surface area (Å²) in [4.78, 5) is 23.1. The Morgan fingerprint density at radius 2 is 1.77 bits per heavy atom. The monoisotopic (exact) mass is 187 g/mol. The van der Waals surface area contributed by atoms with Crippen LogP contribution in [0, 0.1) is 0 Å². The summed E-state index contributed by atoms with van der Waals surface area (Å²) in [6.45, 7) is 5.01. The first-order valence-corrected chi connectivity index (χ1v) is 4.58. The Kier molecular flexibility index (Phi) is 5.93. The minimum Gasteiger partial charge on any atom is -0.453 e. The zero-order valence-corrected chi connectivity index (χ0v) is 8.50. The number of hydrogen-bond acceptors (Lipinski definition) is 3. The molecule has 0 spiro atoms. The molecule has 4 nitrogen and oxygen atoms in total. The van der Waals surface area contributed by atoms with Gasteiger partial charge in [-0.05, 0) is 0 Å². The van der Waals surface area contributed by atoms with Crippen molar-refractivity contribution in [2.45, 2.75) is 26.7 Å². The molecular weight excluding hydrogens is 170 g/mol. The number of carbonyl (C=O) groups is 2. The Morgan fingerprint density at radius 1 is 1.31 bits per heavy atom. The van der Waals surface area contributed by atoms with Gasteiger partial charge in [0.2, 0.25) is 0 Å². The highest BCUT2D eigenvalue weighted by Crippen LogP contribution is 2.06. The van der Waals surface area contributed by atoms with Crippen LogP contribution in [-0.2, 0) is 9.53 Å². The molecule has 0 bridgehead atoms. The third kappa shape index (κ3) is 3.92. The van der Waals surface area contributed by atoms with Crippen LogP contribution >= 0.6 is 0 Å². The van der Waals surface area contributed by atoms with Gasteiger partial charge in [0.25, 0.3) is 0 Å². The topological polar surface area (TPSA) is 46.6 Å². The van der Waals surface area contributed by atoms with Crippen molar-refractivity contribution in [1.82, 2.24) is 4.90 Å². The van der Waals surface area contributed by atoms with Crippen LogP contribution in [0.2, 0.25) is 0 Å². The summed E-state index contributed by atoms with van der Waals surface area (Å²) >= 11 is 0. The van der Waals surface area contributed by atoms with E-state index in [1.54, 1.807) is 4.90 Å². The fourth-order valence-corrected chi connectivity index (χ4v) is 1.07. The zero-order chi connectivity index (χ0) is 10.3. The first-order valence-electron chi connectivity index (χ1n) is 4.58. The third-order valence-electron chi connectivity index (χ3n) is 1.75. The van der Waals surface area contributed by atoms with Crippen molar-refractivity contribution >= 4 is 11.9 Å². The van der Waals surface area contributed by atoms with Crippen LogP contribution in [0.4, 0.5) is 4.79 Å². The zero-order valence-electron chi connectivity index (χ0n) is 8.50.